The van der Waals surface area contributed by atoms with Gasteiger partial charge in [-0.2, -0.15) is 15.8 Å². The van der Waals surface area contributed by atoms with Crippen LogP contribution in [0.2, 0.25) is 5.02 Å². The van der Waals surface area contributed by atoms with Gasteiger partial charge >= 0.3 is 0 Å². The Morgan fingerprint density at radius 1 is 1.21 bits per heavy atom. The Morgan fingerprint density at radius 2 is 1.96 bits per heavy atom. The standard InChI is InChI=1S/C19H15ClN4/c20-13-5-3-4-12(8-13)17-15-7-2-1-6-14(15)16(9-21)18(24)19(17,10-22)11-23/h1,3-6,8,15,17-18H,2,7,24H2. The molecule has 0 fully saturated rings. The highest BCUT2D eigenvalue weighted by Gasteiger charge is 2.55. The predicted molar refractivity (Wildman–Crippen MR) is 90.3 cm³/mol. The Labute approximate surface area is 146 Å². The Morgan fingerprint density at radius 3 is 2.58 bits per heavy atom. The van der Waals surface area contributed by atoms with Gasteiger partial charge < -0.3 is 5.73 Å². The highest BCUT2D eigenvalue weighted by atomic mass is 35.5. The van der Waals surface area contributed by atoms with Gasteiger partial charge in [-0.05, 0) is 42.0 Å². The maximum atomic E-state index is 9.88. The van der Waals surface area contributed by atoms with Gasteiger partial charge in [0.05, 0.1) is 29.8 Å². The van der Waals surface area contributed by atoms with Crippen LogP contribution in [0.1, 0.15) is 24.3 Å². The topological polar surface area (TPSA) is 97.4 Å². The van der Waals surface area contributed by atoms with Crippen LogP contribution in [0.4, 0.5) is 0 Å². The van der Waals surface area contributed by atoms with Crippen LogP contribution in [0.5, 0.6) is 0 Å². The van der Waals surface area contributed by atoms with Crippen LogP contribution in [-0.2, 0) is 0 Å². The predicted octanol–water partition coefficient (Wildman–Crippen LogP) is 3.58. The number of benzene rings is 1. The van der Waals surface area contributed by atoms with E-state index in [1.807, 2.05) is 24.3 Å². The first-order valence-corrected chi connectivity index (χ1v) is 8.11. The molecule has 2 aliphatic rings. The van der Waals surface area contributed by atoms with Gasteiger partial charge in [-0.25, -0.2) is 0 Å². The summed E-state index contributed by atoms with van der Waals surface area (Å²) in [6, 6.07) is 12.7. The minimum Gasteiger partial charge on any atom is -0.321 e. The van der Waals surface area contributed by atoms with E-state index in [1.54, 1.807) is 12.1 Å². The molecule has 0 bridgehead atoms. The average molecular weight is 335 g/mol. The molecule has 0 saturated carbocycles. The molecule has 2 N–H and O–H groups in total. The number of allylic oxidation sites excluding steroid dienone is 3. The van der Waals surface area contributed by atoms with Crippen molar-refractivity contribution in [3.05, 3.63) is 58.1 Å². The zero-order chi connectivity index (χ0) is 17.3. The summed E-state index contributed by atoms with van der Waals surface area (Å²) in [4.78, 5) is 0. The van der Waals surface area contributed by atoms with Crippen molar-refractivity contribution in [1.29, 1.82) is 15.8 Å². The molecule has 0 aliphatic heterocycles. The smallest absolute Gasteiger partial charge is 0.170 e. The zero-order valence-electron chi connectivity index (χ0n) is 12.9. The fourth-order valence-corrected chi connectivity index (χ4v) is 4.15. The van der Waals surface area contributed by atoms with Crippen LogP contribution in [0, 0.1) is 45.3 Å². The molecule has 4 nitrogen and oxygen atoms in total. The van der Waals surface area contributed by atoms with Gasteiger partial charge in [0, 0.05) is 10.9 Å². The van der Waals surface area contributed by atoms with Crippen molar-refractivity contribution in [3.63, 3.8) is 0 Å². The lowest BCUT2D eigenvalue weighted by Crippen LogP contribution is -2.51. The molecule has 0 aromatic heterocycles. The molecule has 3 unspecified atom stereocenters. The van der Waals surface area contributed by atoms with Gasteiger partial charge in [0.15, 0.2) is 5.41 Å². The molecule has 5 heteroatoms. The van der Waals surface area contributed by atoms with Crippen molar-refractivity contribution in [3.8, 4) is 18.2 Å². The third kappa shape index (κ3) is 2.22. The molecular weight excluding hydrogens is 320 g/mol. The summed E-state index contributed by atoms with van der Waals surface area (Å²) in [7, 11) is 0. The van der Waals surface area contributed by atoms with Crippen LogP contribution in [0.15, 0.2) is 47.6 Å². The largest absolute Gasteiger partial charge is 0.321 e. The molecule has 0 heterocycles. The number of fused-ring (bicyclic) bond motifs is 1. The number of hydrogen-bond donors (Lipinski definition) is 1. The normalized spacial score (nSPS) is 27.5. The molecule has 1 aromatic carbocycles. The second kappa shape index (κ2) is 6.14. The van der Waals surface area contributed by atoms with Crippen molar-refractivity contribution < 1.29 is 0 Å². The number of nitrogens with zero attached hydrogens (tertiary/aromatic N) is 3. The molecule has 2 aliphatic carbocycles. The number of hydrogen-bond acceptors (Lipinski definition) is 4. The van der Waals surface area contributed by atoms with E-state index in [0.29, 0.717) is 10.6 Å². The first-order chi connectivity index (χ1) is 11.6. The van der Waals surface area contributed by atoms with Gasteiger partial charge in [0.2, 0.25) is 0 Å². The van der Waals surface area contributed by atoms with Crippen LogP contribution in [0.25, 0.3) is 0 Å². The fraction of sp³-hybridized carbons (Fsp3) is 0.316. The van der Waals surface area contributed by atoms with Crippen molar-refractivity contribution in [2.75, 3.05) is 0 Å². The highest BCUT2D eigenvalue weighted by Crippen LogP contribution is 2.54. The fourth-order valence-electron chi connectivity index (χ4n) is 3.95. The van der Waals surface area contributed by atoms with Crippen LogP contribution >= 0.6 is 11.6 Å². The summed E-state index contributed by atoms with van der Waals surface area (Å²) in [5.74, 6) is -0.513. The van der Waals surface area contributed by atoms with E-state index in [1.165, 1.54) is 0 Å². The highest BCUT2D eigenvalue weighted by molar-refractivity contribution is 6.30. The quantitative estimate of drug-likeness (QED) is 0.848. The van der Waals surface area contributed by atoms with Gasteiger partial charge in [-0.15, -0.1) is 0 Å². The lowest BCUT2D eigenvalue weighted by Gasteiger charge is -2.45. The Balaban J connectivity index is 2.31. The van der Waals surface area contributed by atoms with E-state index < -0.39 is 17.4 Å². The second-order valence-corrected chi connectivity index (χ2v) is 6.61. The SMILES string of the molecule is N#CC1=C2C=CCCC2C(c2cccc(Cl)c2)C(C#N)(C#N)C1N. The lowest BCUT2D eigenvalue weighted by atomic mass is 9.55. The maximum Gasteiger partial charge on any atom is 0.170 e. The monoisotopic (exact) mass is 334 g/mol. The summed E-state index contributed by atoms with van der Waals surface area (Å²) in [6.45, 7) is 0. The lowest BCUT2D eigenvalue weighted by molar-refractivity contribution is 0.261. The Hall–Kier alpha value is -2.58. The average Bonchev–Trinajstić information content (AvgIpc) is 2.61. The van der Waals surface area contributed by atoms with E-state index in [9.17, 15) is 15.8 Å². The number of halogens is 1. The first kappa shape index (κ1) is 16.3. The minimum atomic E-state index is -1.49. The van der Waals surface area contributed by atoms with Crippen molar-refractivity contribution >= 4 is 11.6 Å². The first-order valence-electron chi connectivity index (χ1n) is 7.73. The Bertz CT molecular complexity index is 849. The van der Waals surface area contributed by atoms with Crippen LogP contribution < -0.4 is 5.73 Å². The van der Waals surface area contributed by atoms with E-state index in [-0.39, 0.29) is 5.92 Å². The maximum absolute atomic E-state index is 9.88. The Kier molecular flexibility index (Phi) is 4.16. The summed E-state index contributed by atoms with van der Waals surface area (Å²) in [5, 5.41) is 29.9. The van der Waals surface area contributed by atoms with Crippen LogP contribution in [0.3, 0.4) is 0 Å². The van der Waals surface area contributed by atoms with Crippen molar-refractivity contribution in [2.24, 2.45) is 17.1 Å². The van der Waals surface area contributed by atoms with E-state index in [2.05, 4.69) is 18.2 Å². The number of rotatable bonds is 1. The molecule has 0 saturated heterocycles. The van der Waals surface area contributed by atoms with E-state index >= 15 is 0 Å². The van der Waals surface area contributed by atoms with Crippen molar-refractivity contribution in [1.82, 2.24) is 0 Å². The third-order valence-electron chi connectivity index (χ3n) is 5.04. The van der Waals surface area contributed by atoms with Gasteiger partial charge in [0.1, 0.15) is 0 Å². The molecular formula is C19H15ClN4. The third-order valence-corrected chi connectivity index (χ3v) is 5.28. The van der Waals surface area contributed by atoms with Gasteiger partial charge in [0.25, 0.3) is 0 Å². The molecule has 0 radical (unpaired) electrons. The molecule has 3 rings (SSSR count). The van der Waals surface area contributed by atoms with Gasteiger partial charge in [-0.3, -0.25) is 0 Å². The van der Waals surface area contributed by atoms with E-state index in [4.69, 9.17) is 17.3 Å². The van der Waals surface area contributed by atoms with Gasteiger partial charge in [-0.1, -0.05) is 35.9 Å². The number of nitrogens with two attached hydrogens (primary N) is 1. The number of nitriles is 3. The zero-order valence-corrected chi connectivity index (χ0v) is 13.7. The summed E-state index contributed by atoms with van der Waals surface area (Å²) >= 11 is 6.14. The molecule has 118 valence electrons. The summed E-state index contributed by atoms with van der Waals surface area (Å²) in [6.07, 6.45) is 5.54. The second-order valence-electron chi connectivity index (χ2n) is 6.17. The molecule has 0 spiro atoms. The molecule has 3 atom stereocenters. The summed E-state index contributed by atoms with van der Waals surface area (Å²) in [5.41, 5.74) is 6.79. The minimum absolute atomic E-state index is 0.0952. The summed E-state index contributed by atoms with van der Waals surface area (Å²) < 4.78 is 0. The van der Waals surface area contributed by atoms with Crippen molar-refractivity contribution in [2.45, 2.75) is 24.8 Å². The van der Waals surface area contributed by atoms with Crippen LogP contribution in [-0.4, -0.2) is 6.04 Å². The molecule has 1 aromatic rings. The van der Waals surface area contributed by atoms with E-state index in [0.717, 1.165) is 24.0 Å². The molecule has 24 heavy (non-hydrogen) atoms. The molecule has 0 amide bonds.